The Morgan fingerprint density at radius 1 is 1.11 bits per heavy atom. The number of likely N-dealkylation sites (tertiary alicyclic amines) is 1. The molecule has 0 unspecified atom stereocenters. The number of benzene rings is 1. The van der Waals surface area contributed by atoms with E-state index in [1.54, 1.807) is 34.5 Å². The maximum Gasteiger partial charge on any atom is 0.241 e. The van der Waals surface area contributed by atoms with Gasteiger partial charge in [0.15, 0.2) is 11.5 Å². The minimum absolute atomic E-state index is 0.00925. The molecule has 0 spiro atoms. The van der Waals surface area contributed by atoms with E-state index < -0.39 is 0 Å². The van der Waals surface area contributed by atoms with E-state index >= 15 is 0 Å². The molecule has 36 heavy (non-hydrogen) atoms. The molecule has 2 heterocycles. The van der Waals surface area contributed by atoms with Crippen LogP contribution in [0.15, 0.2) is 35.3 Å². The van der Waals surface area contributed by atoms with Crippen molar-refractivity contribution >= 4 is 11.6 Å². The number of hydrogen-bond acceptors (Lipinski definition) is 8. The molecular weight excluding hydrogens is 460 g/mol. The molecular formula is C26H34N6O4. The van der Waals surface area contributed by atoms with E-state index in [9.17, 15) is 5.26 Å². The van der Waals surface area contributed by atoms with Crippen LogP contribution in [0.3, 0.4) is 0 Å². The van der Waals surface area contributed by atoms with Crippen molar-refractivity contribution in [2.75, 3.05) is 46.9 Å². The molecule has 0 amide bonds. The summed E-state index contributed by atoms with van der Waals surface area (Å²) in [5.74, 6) is 2.37. The Balaban J connectivity index is 1.73. The molecule has 2 aliphatic rings. The maximum absolute atomic E-state index is 9.27. The predicted octanol–water partition coefficient (Wildman–Crippen LogP) is 2.91. The van der Waals surface area contributed by atoms with Gasteiger partial charge < -0.3 is 34.5 Å². The van der Waals surface area contributed by atoms with Crippen LogP contribution in [0.25, 0.3) is 0 Å². The third-order valence-electron chi connectivity index (χ3n) is 7.71. The van der Waals surface area contributed by atoms with E-state index in [2.05, 4.69) is 34.1 Å². The number of aromatic nitrogens is 1. The van der Waals surface area contributed by atoms with Gasteiger partial charge in [0.05, 0.1) is 28.4 Å². The number of anilines is 1. The third kappa shape index (κ3) is 4.35. The zero-order chi connectivity index (χ0) is 25.9. The smallest absolute Gasteiger partial charge is 0.241 e. The quantitative estimate of drug-likeness (QED) is 0.352. The number of likely N-dealkylation sites (N-methyl/N-ethyl adjacent to an activating group) is 1. The van der Waals surface area contributed by atoms with Crippen molar-refractivity contribution in [3.05, 3.63) is 35.9 Å². The van der Waals surface area contributed by atoms with Crippen molar-refractivity contribution < 1.29 is 18.9 Å². The Bertz CT molecular complexity index is 1170. The number of nitrogens with zero attached hydrogens (tertiary/aromatic N) is 5. The molecule has 1 aliphatic carbocycles. The lowest BCUT2D eigenvalue weighted by atomic mass is 9.64. The number of ether oxygens (including phenoxy) is 4. The summed E-state index contributed by atoms with van der Waals surface area (Å²) in [5, 5.41) is 9.27. The van der Waals surface area contributed by atoms with Crippen LogP contribution in [0, 0.1) is 11.5 Å². The molecule has 1 aliphatic heterocycles. The first-order valence-corrected chi connectivity index (χ1v) is 12.0. The van der Waals surface area contributed by atoms with Gasteiger partial charge in [0, 0.05) is 23.6 Å². The largest absolute Gasteiger partial charge is 0.493 e. The number of aliphatic imine (C=N–C) groups is 1. The highest BCUT2D eigenvalue weighted by Crippen LogP contribution is 2.51. The molecule has 2 N–H and O–H groups in total. The molecule has 10 nitrogen and oxygen atoms in total. The fourth-order valence-corrected chi connectivity index (χ4v) is 5.95. The fourth-order valence-electron chi connectivity index (χ4n) is 5.95. The molecule has 10 heteroatoms. The average molecular weight is 495 g/mol. The Labute approximate surface area is 212 Å². The van der Waals surface area contributed by atoms with Crippen LogP contribution < -0.4 is 29.6 Å². The van der Waals surface area contributed by atoms with Crippen LogP contribution in [0.5, 0.6) is 23.3 Å². The summed E-state index contributed by atoms with van der Waals surface area (Å²) >= 11 is 0. The van der Waals surface area contributed by atoms with E-state index in [0.29, 0.717) is 17.4 Å². The van der Waals surface area contributed by atoms with E-state index in [0.717, 1.165) is 43.7 Å². The van der Waals surface area contributed by atoms with Gasteiger partial charge in [-0.2, -0.15) is 10.2 Å². The number of hydrogen-bond donors (Lipinski definition) is 1. The molecule has 0 radical (unpaired) electrons. The third-order valence-corrected chi connectivity index (χ3v) is 7.71. The highest BCUT2D eigenvalue weighted by Gasteiger charge is 2.52. The van der Waals surface area contributed by atoms with Crippen molar-refractivity contribution in [1.29, 1.82) is 5.26 Å². The van der Waals surface area contributed by atoms with Gasteiger partial charge in [-0.25, -0.2) is 0 Å². The van der Waals surface area contributed by atoms with Crippen LogP contribution in [0.1, 0.15) is 31.2 Å². The van der Waals surface area contributed by atoms with Gasteiger partial charge in [-0.1, -0.05) is 6.07 Å². The Kier molecular flexibility index (Phi) is 7.40. The van der Waals surface area contributed by atoms with Crippen molar-refractivity contribution in [2.24, 2.45) is 10.7 Å². The summed E-state index contributed by atoms with van der Waals surface area (Å²) < 4.78 is 21.9. The monoisotopic (exact) mass is 494 g/mol. The number of fused-ring (bicyclic) bond motifs is 1. The molecule has 2 aromatic rings. The molecule has 1 aromatic carbocycles. The Morgan fingerprint density at radius 3 is 2.56 bits per heavy atom. The topological polar surface area (TPSA) is 118 Å². The maximum atomic E-state index is 9.27. The second kappa shape index (κ2) is 10.5. The fraction of sp³-hybridized carbons (Fsp3) is 0.500. The summed E-state index contributed by atoms with van der Waals surface area (Å²) in [6.45, 7) is 0.987. The molecule has 3 atom stereocenters. The lowest BCUT2D eigenvalue weighted by Gasteiger charge is -2.47. The second-order valence-electron chi connectivity index (χ2n) is 9.22. The van der Waals surface area contributed by atoms with Crippen molar-refractivity contribution in [3.63, 3.8) is 0 Å². The predicted molar refractivity (Wildman–Crippen MR) is 137 cm³/mol. The number of pyridine rings is 1. The van der Waals surface area contributed by atoms with Crippen LogP contribution >= 0.6 is 0 Å². The van der Waals surface area contributed by atoms with E-state index in [1.165, 1.54) is 5.56 Å². The molecule has 0 bridgehead atoms. The van der Waals surface area contributed by atoms with Gasteiger partial charge in [-0.3, -0.25) is 0 Å². The van der Waals surface area contributed by atoms with Gasteiger partial charge in [0.2, 0.25) is 23.9 Å². The summed E-state index contributed by atoms with van der Waals surface area (Å²) in [4.78, 5) is 12.6. The Morgan fingerprint density at radius 2 is 1.89 bits per heavy atom. The number of guanidine groups is 1. The zero-order valence-electron chi connectivity index (χ0n) is 21.5. The summed E-state index contributed by atoms with van der Waals surface area (Å²) in [6, 6.07) is 10.1. The molecule has 2 fully saturated rings. The number of methoxy groups -OCH3 is 4. The molecule has 1 saturated heterocycles. The number of rotatable bonds is 7. The molecule has 4 rings (SSSR count). The minimum atomic E-state index is -0.0279. The van der Waals surface area contributed by atoms with Crippen molar-refractivity contribution in [1.82, 2.24) is 9.88 Å². The van der Waals surface area contributed by atoms with E-state index in [4.69, 9.17) is 24.7 Å². The lowest BCUT2D eigenvalue weighted by Crippen LogP contribution is -2.54. The summed E-state index contributed by atoms with van der Waals surface area (Å²) in [6.07, 6.45) is 5.47. The molecule has 192 valence electrons. The van der Waals surface area contributed by atoms with E-state index in [-0.39, 0.29) is 23.5 Å². The van der Waals surface area contributed by atoms with Gasteiger partial charge in [0.1, 0.15) is 5.69 Å². The first kappa shape index (κ1) is 25.4. The van der Waals surface area contributed by atoms with Gasteiger partial charge in [-0.05, 0) is 63.0 Å². The average Bonchev–Trinajstić information content (AvgIpc) is 3.25. The standard InChI is InChI=1S/C26H34N6O4/c1-31-13-12-26(17-6-8-20(33-2)21(14-17)34-3)11-10-18(15-22(26)31)32(25(28)29-16-27)19-7-9-23(35-4)30-24(19)36-5/h6-9,14,18,22H,10-13,15H2,1-5H3,(H2,28,29)/t18-,22+,26+/m1/s1. The molecule has 1 aromatic heterocycles. The summed E-state index contributed by atoms with van der Waals surface area (Å²) in [7, 11) is 8.59. The lowest BCUT2D eigenvalue weighted by molar-refractivity contribution is 0.167. The van der Waals surface area contributed by atoms with Crippen LogP contribution in [0.2, 0.25) is 0 Å². The van der Waals surface area contributed by atoms with Crippen molar-refractivity contribution in [3.8, 4) is 29.5 Å². The van der Waals surface area contributed by atoms with Crippen LogP contribution in [-0.2, 0) is 5.41 Å². The minimum Gasteiger partial charge on any atom is -0.493 e. The highest BCUT2D eigenvalue weighted by molar-refractivity contribution is 5.97. The first-order valence-electron chi connectivity index (χ1n) is 12.0. The molecule has 1 saturated carbocycles. The SMILES string of the molecule is COc1ccc(N(C(N)=NC#N)[C@@H]2CC[C@@]3(c4ccc(OC)c(OC)c4)CCN(C)[C@H]3C2)c(OC)n1. The van der Waals surface area contributed by atoms with Gasteiger partial charge in [-0.15, -0.1) is 4.99 Å². The van der Waals surface area contributed by atoms with Crippen molar-refractivity contribution in [2.45, 2.75) is 43.2 Å². The normalized spacial score (nSPS) is 23.9. The number of nitrogens with two attached hydrogens (primary N) is 1. The first-order chi connectivity index (χ1) is 17.4. The second-order valence-corrected chi connectivity index (χ2v) is 9.22. The zero-order valence-corrected chi connectivity index (χ0v) is 21.5. The van der Waals surface area contributed by atoms with Gasteiger partial charge >= 0.3 is 0 Å². The highest BCUT2D eigenvalue weighted by atomic mass is 16.5. The number of nitriles is 1. The van der Waals surface area contributed by atoms with Gasteiger partial charge in [0.25, 0.3) is 0 Å². The summed E-state index contributed by atoms with van der Waals surface area (Å²) in [5.41, 5.74) is 8.24. The van der Waals surface area contributed by atoms with Crippen LogP contribution in [0.4, 0.5) is 5.69 Å². The Hall–Kier alpha value is -3.71. The van der Waals surface area contributed by atoms with Crippen LogP contribution in [-0.4, -0.2) is 70.0 Å². The van der Waals surface area contributed by atoms with E-state index in [1.807, 2.05) is 23.2 Å².